The second kappa shape index (κ2) is 14.9. The van der Waals surface area contributed by atoms with Crippen molar-refractivity contribution in [3.8, 4) is 5.75 Å². The van der Waals surface area contributed by atoms with Crippen molar-refractivity contribution in [1.82, 2.24) is 0 Å². The predicted molar refractivity (Wildman–Crippen MR) is 94.6 cm³/mol. The van der Waals surface area contributed by atoms with Gasteiger partial charge in [0.05, 0.1) is 6.61 Å². The highest BCUT2D eigenvalue weighted by atomic mass is 16.5. The monoisotopic (exact) mass is 306 g/mol. The molecule has 0 radical (unpaired) electrons. The molecule has 22 heavy (non-hydrogen) atoms. The Morgan fingerprint density at radius 2 is 1.18 bits per heavy atom. The first-order valence-electron chi connectivity index (χ1n) is 9.19. The minimum absolute atomic E-state index is 0.849. The smallest absolute Gasteiger partial charge is 0.119 e. The van der Waals surface area contributed by atoms with Gasteiger partial charge in [-0.1, -0.05) is 70.1 Å². The second-order valence-corrected chi connectivity index (χ2v) is 5.96. The molecule has 0 aliphatic carbocycles. The first kappa shape index (κ1) is 19.0. The highest BCUT2D eigenvalue weighted by molar-refractivity contribution is 5.20. The third-order valence-electron chi connectivity index (χ3n) is 3.79. The number of rotatable bonds is 15. The highest BCUT2D eigenvalue weighted by Gasteiger charge is 1.95. The molecule has 0 fully saturated rings. The molecule has 0 saturated carbocycles. The fourth-order valence-corrected chi connectivity index (χ4v) is 2.50. The van der Waals surface area contributed by atoms with Crippen LogP contribution >= 0.6 is 0 Å². The van der Waals surface area contributed by atoms with Crippen LogP contribution in [0.4, 0.5) is 0 Å². The summed E-state index contributed by atoms with van der Waals surface area (Å²) < 4.78 is 11.2. The van der Waals surface area contributed by atoms with Crippen molar-refractivity contribution < 1.29 is 9.47 Å². The van der Waals surface area contributed by atoms with Crippen molar-refractivity contribution >= 4 is 0 Å². The van der Waals surface area contributed by atoms with E-state index in [4.69, 9.17) is 9.47 Å². The molecule has 0 amide bonds. The summed E-state index contributed by atoms with van der Waals surface area (Å²) in [4.78, 5) is 0. The largest absolute Gasteiger partial charge is 0.494 e. The lowest BCUT2D eigenvalue weighted by Crippen LogP contribution is -1.97. The first-order chi connectivity index (χ1) is 10.9. The van der Waals surface area contributed by atoms with E-state index in [1.54, 1.807) is 0 Å². The van der Waals surface area contributed by atoms with Crippen LogP contribution in [0.5, 0.6) is 5.75 Å². The molecule has 2 heteroatoms. The number of benzene rings is 1. The minimum Gasteiger partial charge on any atom is -0.494 e. The molecule has 0 bridgehead atoms. The SMILES string of the molecule is CCCOCCCCCCCCCCCOc1ccccc1. The molecule has 0 saturated heterocycles. The summed E-state index contributed by atoms with van der Waals surface area (Å²) in [5.41, 5.74) is 0. The lowest BCUT2D eigenvalue weighted by Gasteiger charge is -2.06. The Hall–Kier alpha value is -1.02. The first-order valence-corrected chi connectivity index (χ1v) is 9.19. The summed E-state index contributed by atoms with van der Waals surface area (Å²) in [7, 11) is 0. The molecule has 0 heterocycles. The molecule has 0 N–H and O–H groups in total. The summed E-state index contributed by atoms with van der Waals surface area (Å²) >= 11 is 0. The fraction of sp³-hybridized carbons (Fsp3) is 0.700. The normalized spacial score (nSPS) is 10.8. The average Bonchev–Trinajstić information content (AvgIpc) is 2.56. The standard InChI is InChI=1S/C20H34O2/c1-2-17-21-18-13-8-6-4-3-5-7-9-14-19-22-20-15-11-10-12-16-20/h10-12,15-16H,2-9,13-14,17-19H2,1H3. The fourth-order valence-electron chi connectivity index (χ4n) is 2.50. The van der Waals surface area contributed by atoms with Crippen LogP contribution in [-0.2, 0) is 4.74 Å². The van der Waals surface area contributed by atoms with Crippen LogP contribution in [0.1, 0.15) is 71.1 Å². The number of para-hydroxylation sites is 1. The lowest BCUT2D eigenvalue weighted by atomic mass is 10.1. The van der Waals surface area contributed by atoms with Crippen LogP contribution in [0, 0.1) is 0 Å². The second-order valence-electron chi connectivity index (χ2n) is 5.96. The van der Waals surface area contributed by atoms with E-state index in [1.807, 2.05) is 30.3 Å². The van der Waals surface area contributed by atoms with Gasteiger partial charge in [0, 0.05) is 13.2 Å². The van der Waals surface area contributed by atoms with E-state index in [1.165, 1.54) is 57.8 Å². The van der Waals surface area contributed by atoms with Crippen LogP contribution in [0.3, 0.4) is 0 Å². The molecule has 1 aromatic rings. The van der Waals surface area contributed by atoms with Gasteiger partial charge in [0.1, 0.15) is 5.75 Å². The average molecular weight is 306 g/mol. The van der Waals surface area contributed by atoms with Gasteiger partial charge in [-0.15, -0.1) is 0 Å². The number of unbranched alkanes of at least 4 members (excludes halogenated alkanes) is 8. The number of hydrogen-bond acceptors (Lipinski definition) is 2. The van der Waals surface area contributed by atoms with E-state index in [2.05, 4.69) is 6.92 Å². The predicted octanol–water partition coefficient (Wildman–Crippen LogP) is 6.00. The Morgan fingerprint density at radius 3 is 1.77 bits per heavy atom. The molecule has 2 nitrogen and oxygen atoms in total. The molecular weight excluding hydrogens is 272 g/mol. The Bertz CT molecular complexity index is 324. The Morgan fingerprint density at radius 1 is 0.636 bits per heavy atom. The van der Waals surface area contributed by atoms with Crippen LogP contribution < -0.4 is 4.74 Å². The molecular formula is C20H34O2. The molecule has 126 valence electrons. The Labute approximate surface area is 137 Å². The Balaban J connectivity index is 1.73. The highest BCUT2D eigenvalue weighted by Crippen LogP contribution is 2.12. The molecule has 1 aromatic carbocycles. The molecule has 1 rings (SSSR count). The van der Waals surface area contributed by atoms with E-state index in [0.717, 1.165) is 32.0 Å². The van der Waals surface area contributed by atoms with Gasteiger partial charge >= 0.3 is 0 Å². The van der Waals surface area contributed by atoms with Crippen molar-refractivity contribution in [1.29, 1.82) is 0 Å². The van der Waals surface area contributed by atoms with Gasteiger partial charge in [0.25, 0.3) is 0 Å². The van der Waals surface area contributed by atoms with Crippen molar-refractivity contribution in [2.75, 3.05) is 19.8 Å². The molecule has 0 spiro atoms. The van der Waals surface area contributed by atoms with Gasteiger partial charge in [-0.2, -0.15) is 0 Å². The zero-order valence-corrected chi connectivity index (χ0v) is 14.4. The maximum absolute atomic E-state index is 5.69. The molecule has 0 aliphatic heterocycles. The third-order valence-corrected chi connectivity index (χ3v) is 3.79. The summed E-state index contributed by atoms with van der Waals surface area (Å²) in [6.07, 6.45) is 13.0. The van der Waals surface area contributed by atoms with E-state index in [0.29, 0.717) is 0 Å². The van der Waals surface area contributed by atoms with Gasteiger partial charge in [0.2, 0.25) is 0 Å². The topological polar surface area (TPSA) is 18.5 Å². The van der Waals surface area contributed by atoms with E-state index >= 15 is 0 Å². The number of ether oxygens (including phenoxy) is 2. The van der Waals surface area contributed by atoms with Crippen LogP contribution in [-0.4, -0.2) is 19.8 Å². The quantitative estimate of drug-likeness (QED) is 0.370. The van der Waals surface area contributed by atoms with Crippen molar-refractivity contribution in [3.05, 3.63) is 30.3 Å². The molecule has 0 atom stereocenters. The van der Waals surface area contributed by atoms with Gasteiger partial charge in [0.15, 0.2) is 0 Å². The van der Waals surface area contributed by atoms with Gasteiger partial charge in [-0.05, 0) is 31.4 Å². The van der Waals surface area contributed by atoms with Gasteiger partial charge in [-0.25, -0.2) is 0 Å². The summed E-state index contributed by atoms with van der Waals surface area (Å²) in [6, 6.07) is 10.1. The van der Waals surface area contributed by atoms with Gasteiger partial charge < -0.3 is 9.47 Å². The zero-order valence-electron chi connectivity index (χ0n) is 14.4. The van der Waals surface area contributed by atoms with Crippen molar-refractivity contribution in [2.24, 2.45) is 0 Å². The van der Waals surface area contributed by atoms with Crippen LogP contribution in [0.15, 0.2) is 30.3 Å². The maximum Gasteiger partial charge on any atom is 0.119 e. The minimum atomic E-state index is 0.849. The van der Waals surface area contributed by atoms with E-state index < -0.39 is 0 Å². The van der Waals surface area contributed by atoms with E-state index in [-0.39, 0.29) is 0 Å². The van der Waals surface area contributed by atoms with Crippen molar-refractivity contribution in [2.45, 2.75) is 71.1 Å². The summed E-state index contributed by atoms with van der Waals surface area (Å²) in [5.74, 6) is 0.991. The zero-order chi connectivity index (χ0) is 15.7. The number of hydrogen-bond donors (Lipinski definition) is 0. The molecule has 0 aliphatic rings. The van der Waals surface area contributed by atoms with Crippen LogP contribution in [0.25, 0.3) is 0 Å². The molecule has 0 unspecified atom stereocenters. The van der Waals surface area contributed by atoms with Crippen molar-refractivity contribution in [3.63, 3.8) is 0 Å². The Kier molecular flexibility index (Phi) is 12.9. The summed E-state index contributed by atoms with van der Waals surface area (Å²) in [5, 5.41) is 0. The van der Waals surface area contributed by atoms with Crippen LogP contribution in [0.2, 0.25) is 0 Å². The maximum atomic E-state index is 5.69. The van der Waals surface area contributed by atoms with E-state index in [9.17, 15) is 0 Å². The summed E-state index contributed by atoms with van der Waals surface area (Å²) in [6.45, 7) is 4.89. The lowest BCUT2D eigenvalue weighted by molar-refractivity contribution is 0.130. The van der Waals surface area contributed by atoms with Gasteiger partial charge in [-0.3, -0.25) is 0 Å². The molecule has 0 aromatic heterocycles. The third kappa shape index (κ3) is 11.6.